The van der Waals surface area contributed by atoms with Gasteiger partial charge in [-0.1, -0.05) is 44.2 Å². The van der Waals surface area contributed by atoms with E-state index in [9.17, 15) is 5.11 Å². The Morgan fingerprint density at radius 3 is 2.52 bits per heavy atom. The van der Waals surface area contributed by atoms with E-state index < -0.39 is 0 Å². The van der Waals surface area contributed by atoms with E-state index in [1.165, 1.54) is 10.7 Å². The Bertz CT molecular complexity index is 603. The summed E-state index contributed by atoms with van der Waals surface area (Å²) in [6.07, 6.45) is 1.78. The lowest BCUT2D eigenvalue weighted by Gasteiger charge is -2.34. The molecular weight excluding hydrogens is 304 g/mol. The average molecular weight is 330 g/mol. The van der Waals surface area contributed by atoms with Crippen molar-refractivity contribution in [2.45, 2.75) is 45.3 Å². The summed E-state index contributed by atoms with van der Waals surface area (Å²) in [5, 5.41) is 14.0. The molecule has 0 aliphatic carbocycles. The van der Waals surface area contributed by atoms with E-state index in [-0.39, 0.29) is 6.10 Å². The van der Waals surface area contributed by atoms with Crippen LogP contribution >= 0.6 is 11.3 Å². The zero-order chi connectivity index (χ0) is 16.2. The minimum atomic E-state index is -0.329. The first kappa shape index (κ1) is 16.6. The molecule has 2 aromatic rings. The van der Waals surface area contributed by atoms with E-state index in [1.807, 2.05) is 30.3 Å². The summed E-state index contributed by atoms with van der Waals surface area (Å²) in [7, 11) is 0. The lowest BCUT2D eigenvalue weighted by Crippen LogP contribution is -2.35. The molecule has 1 N–H and O–H groups in total. The van der Waals surface area contributed by atoms with Crippen molar-refractivity contribution >= 4 is 11.3 Å². The zero-order valence-corrected chi connectivity index (χ0v) is 14.8. The van der Waals surface area contributed by atoms with Gasteiger partial charge in [0, 0.05) is 17.8 Å². The second kappa shape index (κ2) is 7.56. The van der Waals surface area contributed by atoms with Gasteiger partial charge in [0.05, 0.1) is 16.8 Å². The topological polar surface area (TPSA) is 36.4 Å². The molecular formula is C19H26N2OS. The molecule has 3 rings (SSSR count). The maximum absolute atomic E-state index is 10.6. The van der Waals surface area contributed by atoms with Crippen molar-refractivity contribution in [3.8, 4) is 0 Å². The first-order chi connectivity index (χ1) is 11.1. The molecule has 0 radical (unpaired) electrons. The van der Waals surface area contributed by atoms with Crippen LogP contribution in [0.1, 0.15) is 55.0 Å². The summed E-state index contributed by atoms with van der Waals surface area (Å²) in [6, 6.07) is 10.1. The molecule has 124 valence electrons. The van der Waals surface area contributed by atoms with E-state index >= 15 is 0 Å². The van der Waals surface area contributed by atoms with Crippen LogP contribution in [-0.4, -0.2) is 28.1 Å². The molecule has 0 spiro atoms. The molecule has 1 aliphatic heterocycles. The van der Waals surface area contributed by atoms with Crippen LogP contribution in [-0.2, 0) is 6.54 Å². The largest absolute Gasteiger partial charge is 0.388 e. The Morgan fingerprint density at radius 1 is 1.22 bits per heavy atom. The molecule has 4 heteroatoms. The Kier molecular flexibility index (Phi) is 5.46. The number of hydrogen-bond donors (Lipinski definition) is 1. The number of rotatable bonds is 5. The minimum absolute atomic E-state index is 0.329. The van der Waals surface area contributed by atoms with Gasteiger partial charge in [0.25, 0.3) is 0 Å². The number of likely N-dealkylation sites (tertiary alicyclic amines) is 1. The van der Waals surface area contributed by atoms with Crippen LogP contribution in [0.15, 0.2) is 35.7 Å². The number of nitrogens with zero attached hydrogens (tertiary/aromatic N) is 2. The van der Waals surface area contributed by atoms with Crippen LogP contribution in [0.2, 0.25) is 0 Å². The normalized spacial score (nSPS) is 18.4. The molecule has 1 fully saturated rings. The van der Waals surface area contributed by atoms with Crippen molar-refractivity contribution in [1.82, 2.24) is 9.88 Å². The van der Waals surface area contributed by atoms with Crippen LogP contribution < -0.4 is 0 Å². The summed E-state index contributed by atoms with van der Waals surface area (Å²) in [5.74, 6) is 0.885. The van der Waals surface area contributed by atoms with Crippen LogP contribution in [0.5, 0.6) is 0 Å². The van der Waals surface area contributed by atoms with Gasteiger partial charge in [0.1, 0.15) is 0 Å². The summed E-state index contributed by atoms with van der Waals surface area (Å²) in [4.78, 5) is 7.20. The standard InChI is InChI=1S/C19H26N2OS/c1-14(2)19-20-17(13-23-19)12-21-10-8-16(9-11-21)18(22)15-6-4-3-5-7-15/h3-7,13-14,16,18,22H,8-12H2,1-2H3. The second-order valence-electron chi connectivity index (χ2n) is 6.80. The predicted octanol–water partition coefficient (Wildman–Crippen LogP) is 4.21. The summed E-state index contributed by atoms with van der Waals surface area (Å²) in [5.41, 5.74) is 2.24. The fraction of sp³-hybridized carbons (Fsp3) is 0.526. The highest BCUT2D eigenvalue weighted by molar-refractivity contribution is 7.09. The molecule has 2 heterocycles. The lowest BCUT2D eigenvalue weighted by atomic mass is 9.87. The van der Waals surface area contributed by atoms with Crippen molar-refractivity contribution < 1.29 is 5.11 Å². The fourth-order valence-electron chi connectivity index (χ4n) is 3.24. The quantitative estimate of drug-likeness (QED) is 0.892. The Morgan fingerprint density at radius 2 is 1.91 bits per heavy atom. The molecule has 23 heavy (non-hydrogen) atoms. The van der Waals surface area contributed by atoms with E-state index in [4.69, 9.17) is 4.98 Å². The Balaban J connectivity index is 1.52. The minimum Gasteiger partial charge on any atom is -0.388 e. The maximum Gasteiger partial charge on any atom is 0.0954 e. The summed E-state index contributed by atoms with van der Waals surface area (Å²) >= 11 is 1.77. The van der Waals surface area contributed by atoms with Gasteiger partial charge in [-0.2, -0.15) is 0 Å². The highest BCUT2D eigenvalue weighted by Gasteiger charge is 2.26. The fourth-order valence-corrected chi connectivity index (χ4v) is 4.06. The first-order valence-electron chi connectivity index (χ1n) is 8.53. The molecule has 1 aromatic heterocycles. The lowest BCUT2D eigenvalue weighted by molar-refractivity contribution is 0.0565. The number of benzene rings is 1. The number of aromatic nitrogens is 1. The number of aliphatic hydroxyl groups is 1. The van der Waals surface area contributed by atoms with Gasteiger partial charge in [0.2, 0.25) is 0 Å². The van der Waals surface area contributed by atoms with E-state index in [0.717, 1.165) is 38.0 Å². The molecule has 1 aliphatic rings. The van der Waals surface area contributed by atoms with Crippen molar-refractivity contribution in [2.24, 2.45) is 5.92 Å². The highest BCUT2D eigenvalue weighted by atomic mass is 32.1. The van der Waals surface area contributed by atoms with Crippen molar-refractivity contribution in [1.29, 1.82) is 0 Å². The Hall–Kier alpha value is -1.23. The van der Waals surface area contributed by atoms with Gasteiger partial charge in [0.15, 0.2) is 0 Å². The molecule has 1 unspecified atom stereocenters. The van der Waals surface area contributed by atoms with Crippen LogP contribution in [0, 0.1) is 5.92 Å². The first-order valence-corrected chi connectivity index (χ1v) is 9.41. The van der Waals surface area contributed by atoms with Gasteiger partial charge in [-0.25, -0.2) is 4.98 Å². The molecule has 1 atom stereocenters. The number of piperidine rings is 1. The summed E-state index contributed by atoms with van der Waals surface area (Å²) < 4.78 is 0. The molecule has 0 saturated carbocycles. The molecule has 0 amide bonds. The zero-order valence-electron chi connectivity index (χ0n) is 14.0. The third-order valence-electron chi connectivity index (χ3n) is 4.67. The van der Waals surface area contributed by atoms with E-state index in [1.54, 1.807) is 11.3 Å². The molecule has 0 bridgehead atoms. The number of thiazole rings is 1. The maximum atomic E-state index is 10.6. The summed E-state index contributed by atoms with van der Waals surface area (Å²) in [6.45, 7) is 7.42. The monoisotopic (exact) mass is 330 g/mol. The average Bonchev–Trinajstić information content (AvgIpc) is 3.04. The van der Waals surface area contributed by atoms with E-state index in [2.05, 4.69) is 24.1 Å². The van der Waals surface area contributed by atoms with Gasteiger partial charge in [-0.3, -0.25) is 4.90 Å². The predicted molar refractivity (Wildman–Crippen MR) is 95.6 cm³/mol. The van der Waals surface area contributed by atoms with Gasteiger partial charge < -0.3 is 5.11 Å². The van der Waals surface area contributed by atoms with Crippen molar-refractivity contribution in [3.63, 3.8) is 0 Å². The third-order valence-corrected chi connectivity index (χ3v) is 5.86. The van der Waals surface area contributed by atoms with Crippen molar-refractivity contribution in [2.75, 3.05) is 13.1 Å². The van der Waals surface area contributed by atoms with Crippen molar-refractivity contribution in [3.05, 3.63) is 52.0 Å². The highest BCUT2D eigenvalue weighted by Crippen LogP contribution is 2.31. The van der Waals surface area contributed by atoms with Gasteiger partial charge >= 0.3 is 0 Å². The van der Waals surface area contributed by atoms with Crippen LogP contribution in [0.3, 0.4) is 0 Å². The third kappa shape index (κ3) is 4.19. The smallest absolute Gasteiger partial charge is 0.0954 e. The Labute approximate surface area is 143 Å². The molecule has 1 saturated heterocycles. The SMILES string of the molecule is CC(C)c1nc(CN2CCC(C(O)c3ccccc3)CC2)cs1. The van der Waals surface area contributed by atoms with Crippen LogP contribution in [0.25, 0.3) is 0 Å². The molecule has 3 nitrogen and oxygen atoms in total. The van der Waals surface area contributed by atoms with Gasteiger partial charge in [-0.15, -0.1) is 11.3 Å². The number of hydrogen-bond acceptors (Lipinski definition) is 4. The van der Waals surface area contributed by atoms with Gasteiger partial charge in [-0.05, 0) is 37.4 Å². The second-order valence-corrected chi connectivity index (χ2v) is 7.69. The van der Waals surface area contributed by atoms with Crippen LogP contribution in [0.4, 0.5) is 0 Å². The number of aliphatic hydroxyl groups excluding tert-OH is 1. The van der Waals surface area contributed by atoms with E-state index in [0.29, 0.717) is 11.8 Å². The molecule has 1 aromatic carbocycles.